The molecule has 11 rings (SSSR count). The average molecular weight is 706 g/mol. The van der Waals surface area contributed by atoms with Crippen LogP contribution >= 0.6 is 11.8 Å². The molecular formula is C50H31N3S. The zero-order valence-corrected chi connectivity index (χ0v) is 30.0. The van der Waals surface area contributed by atoms with Crippen LogP contribution in [0.25, 0.3) is 67.2 Å². The molecule has 4 heteroatoms. The molecule has 2 aliphatic rings. The second-order valence-electron chi connectivity index (χ2n) is 14.0. The lowest BCUT2D eigenvalue weighted by Crippen LogP contribution is -2.32. The molecular weight excluding hydrogens is 675 g/mol. The van der Waals surface area contributed by atoms with Crippen molar-refractivity contribution in [1.82, 2.24) is 15.0 Å². The third-order valence-corrected chi connectivity index (χ3v) is 12.1. The minimum absolute atomic E-state index is 0.416. The van der Waals surface area contributed by atoms with Crippen LogP contribution in [0.4, 0.5) is 0 Å². The van der Waals surface area contributed by atoms with Gasteiger partial charge < -0.3 is 0 Å². The van der Waals surface area contributed by atoms with Gasteiger partial charge in [0.2, 0.25) is 0 Å². The zero-order chi connectivity index (χ0) is 35.6. The van der Waals surface area contributed by atoms with E-state index >= 15 is 0 Å². The highest BCUT2D eigenvalue weighted by molar-refractivity contribution is 7.99. The smallest absolute Gasteiger partial charge is 0.164 e. The summed E-state index contributed by atoms with van der Waals surface area (Å²) in [6.07, 6.45) is 0. The van der Waals surface area contributed by atoms with Crippen molar-refractivity contribution in [2.75, 3.05) is 0 Å². The second kappa shape index (κ2) is 12.2. The Morgan fingerprint density at radius 1 is 0.315 bits per heavy atom. The number of fused-ring (bicyclic) bond motifs is 10. The fourth-order valence-electron chi connectivity index (χ4n) is 8.52. The molecule has 0 unspecified atom stereocenters. The van der Waals surface area contributed by atoms with E-state index in [1.165, 1.54) is 59.5 Å². The van der Waals surface area contributed by atoms with Gasteiger partial charge in [0.1, 0.15) is 0 Å². The Morgan fingerprint density at radius 3 is 1.35 bits per heavy atom. The molecule has 9 aromatic rings. The molecule has 0 saturated heterocycles. The zero-order valence-electron chi connectivity index (χ0n) is 29.1. The van der Waals surface area contributed by atoms with Gasteiger partial charge in [-0.3, -0.25) is 0 Å². The quantitative estimate of drug-likeness (QED) is 0.183. The second-order valence-corrected chi connectivity index (χ2v) is 15.0. The Labute approximate surface area is 318 Å². The Bertz CT molecular complexity index is 2800. The fourth-order valence-corrected chi connectivity index (χ4v) is 9.78. The minimum atomic E-state index is -0.416. The van der Waals surface area contributed by atoms with Crippen molar-refractivity contribution < 1.29 is 0 Å². The standard InChI is InChI=1S/C50H31N3S/c1-3-13-33(14-4-1)47-51-48(34-15-5-2-6-16-34)53-49(52-47)35-25-23-32(24-26-35)38-27-28-43-45(31-38)54-46-30-37-18-8-7-17-36(37)29-44(46)50(43)41-21-11-9-19-39(41)40-20-10-12-22-42(40)50/h1-31H. The largest absolute Gasteiger partial charge is 0.208 e. The predicted octanol–water partition coefficient (Wildman–Crippen LogP) is 12.5. The molecule has 54 heavy (non-hydrogen) atoms. The first-order chi connectivity index (χ1) is 26.7. The SMILES string of the molecule is c1ccc(-c2nc(-c3ccccc3)nc(-c3ccc(-c4ccc5c(c4)Sc4cc6ccccc6cc4C54c5ccccc5-c5ccccc54)cc3)n2)cc1. The summed E-state index contributed by atoms with van der Waals surface area (Å²) in [4.78, 5) is 17.4. The Hall–Kier alpha value is -6.62. The molecule has 3 nitrogen and oxygen atoms in total. The first-order valence-corrected chi connectivity index (χ1v) is 19.1. The average Bonchev–Trinajstić information content (AvgIpc) is 3.54. The minimum Gasteiger partial charge on any atom is -0.208 e. The van der Waals surface area contributed by atoms with Gasteiger partial charge in [0.25, 0.3) is 0 Å². The van der Waals surface area contributed by atoms with Crippen molar-refractivity contribution in [3.8, 4) is 56.4 Å². The molecule has 0 saturated carbocycles. The van der Waals surface area contributed by atoms with Crippen molar-refractivity contribution in [3.05, 3.63) is 210 Å². The van der Waals surface area contributed by atoms with E-state index in [1.807, 2.05) is 72.4 Å². The van der Waals surface area contributed by atoms with E-state index in [9.17, 15) is 0 Å². The van der Waals surface area contributed by atoms with Gasteiger partial charge in [-0.25, -0.2) is 15.0 Å². The van der Waals surface area contributed by atoms with Gasteiger partial charge in [-0.2, -0.15) is 0 Å². The third-order valence-electron chi connectivity index (χ3n) is 11.0. The summed E-state index contributed by atoms with van der Waals surface area (Å²) in [5, 5.41) is 2.53. The van der Waals surface area contributed by atoms with Gasteiger partial charge in [0, 0.05) is 26.5 Å². The monoisotopic (exact) mass is 705 g/mol. The van der Waals surface area contributed by atoms with Gasteiger partial charge in [-0.15, -0.1) is 0 Å². The van der Waals surface area contributed by atoms with Crippen molar-refractivity contribution >= 4 is 22.5 Å². The van der Waals surface area contributed by atoms with Crippen LogP contribution in [0.1, 0.15) is 22.3 Å². The summed E-state index contributed by atoms with van der Waals surface area (Å²) in [6, 6.07) is 67.5. The van der Waals surface area contributed by atoms with E-state index < -0.39 is 5.41 Å². The molecule has 1 aromatic heterocycles. The summed E-state index contributed by atoms with van der Waals surface area (Å²) in [7, 11) is 0. The number of hydrogen-bond acceptors (Lipinski definition) is 4. The number of hydrogen-bond donors (Lipinski definition) is 0. The topological polar surface area (TPSA) is 38.7 Å². The van der Waals surface area contributed by atoms with Crippen LogP contribution in [-0.4, -0.2) is 15.0 Å². The highest BCUT2D eigenvalue weighted by Gasteiger charge is 2.50. The van der Waals surface area contributed by atoms with Crippen LogP contribution in [0.15, 0.2) is 198 Å². The normalized spacial score (nSPS) is 13.3. The summed E-state index contributed by atoms with van der Waals surface area (Å²) in [6.45, 7) is 0. The van der Waals surface area contributed by atoms with Crippen LogP contribution < -0.4 is 0 Å². The van der Waals surface area contributed by atoms with Crippen molar-refractivity contribution in [2.45, 2.75) is 15.2 Å². The molecule has 0 atom stereocenters. The molecule has 1 spiro atoms. The van der Waals surface area contributed by atoms with Crippen LogP contribution in [0, 0.1) is 0 Å². The van der Waals surface area contributed by atoms with Crippen LogP contribution in [0.2, 0.25) is 0 Å². The van der Waals surface area contributed by atoms with E-state index in [2.05, 4.69) is 127 Å². The molecule has 0 amide bonds. The molecule has 8 aromatic carbocycles. The summed E-state index contributed by atoms with van der Waals surface area (Å²) in [5.41, 5.74) is 12.8. The Morgan fingerprint density at radius 2 is 0.759 bits per heavy atom. The summed E-state index contributed by atoms with van der Waals surface area (Å²) < 4.78 is 0. The van der Waals surface area contributed by atoms with E-state index in [-0.39, 0.29) is 0 Å². The number of rotatable bonds is 4. The van der Waals surface area contributed by atoms with Crippen LogP contribution in [-0.2, 0) is 5.41 Å². The fraction of sp³-hybridized carbons (Fsp3) is 0.0200. The summed E-state index contributed by atoms with van der Waals surface area (Å²) in [5.74, 6) is 1.97. The van der Waals surface area contributed by atoms with E-state index in [4.69, 9.17) is 15.0 Å². The maximum absolute atomic E-state index is 4.95. The van der Waals surface area contributed by atoms with E-state index in [0.29, 0.717) is 17.5 Å². The molecule has 1 aliphatic carbocycles. The first kappa shape index (κ1) is 31.0. The molecule has 0 radical (unpaired) electrons. The van der Waals surface area contributed by atoms with Gasteiger partial charge in [-0.1, -0.05) is 182 Å². The maximum atomic E-state index is 4.95. The van der Waals surface area contributed by atoms with Crippen LogP contribution in [0.3, 0.4) is 0 Å². The van der Waals surface area contributed by atoms with Crippen molar-refractivity contribution in [2.24, 2.45) is 0 Å². The van der Waals surface area contributed by atoms with Gasteiger partial charge >= 0.3 is 0 Å². The Kier molecular flexibility index (Phi) is 7.01. The predicted molar refractivity (Wildman–Crippen MR) is 221 cm³/mol. The molecule has 2 heterocycles. The molecule has 0 N–H and O–H groups in total. The van der Waals surface area contributed by atoms with Gasteiger partial charge in [-0.05, 0) is 73.5 Å². The number of benzene rings is 8. The van der Waals surface area contributed by atoms with Crippen LogP contribution in [0.5, 0.6) is 0 Å². The molecule has 252 valence electrons. The Balaban J connectivity index is 1.04. The lowest BCUT2D eigenvalue weighted by atomic mass is 9.67. The highest BCUT2D eigenvalue weighted by Crippen LogP contribution is 2.62. The lowest BCUT2D eigenvalue weighted by molar-refractivity contribution is 0.724. The third kappa shape index (κ3) is 4.74. The number of aromatic nitrogens is 3. The highest BCUT2D eigenvalue weighted by atomic mass is 32.2. The van der Waals surface area contributed by atoms with E-state index in [1.54, 1.807) is 0 Å². The van der Waals surface area contributed by atoms with Gasteiger partial charge in [0.05, 0.1) is 5.41 Å². The van der Waals surface area contributed by atoms with E-state index in [0.717, 1.165) is 22.3 Å². The summed E-state index contributed by atoms with van der Waals surface area (Å²) >= 11 is 1.89. The van der Waals surface area contributed by atoms with Gasteiger partial charge in [0.15, 0.2) is 17.5 Å². The van der Waals surface area contributed by atoms with Crippen molar-refractivity contribution in [3.63, 3.8) is 0 Å². The molecule has 0 fully saturated rings. The molecule has 1 aliphatic heterocycles. The number of nitrogens with zero attached hydrogens (tertiary/aromatic N) is 3. The molecule has 0 bridgehead atoms. The maximum Gasteiger partial charge on any atom is 0.164 e. The van der Waals surface area contributed by atoms with Crippen molar-refractivity contribution in [1.29, 1.82) is 0 Å². The lowest BCUT2D eigenvalue weighted by Gasteiger charge is -2.40. The first-order valence-electron chi connectivity index (χ1n) is 18.3.